The van der Waals surface area contributed by atoms with Gasteiger partial charge in [-0.05, 0) is 11.1 Å². The molecule has 0 aromatic heterocycles. The van der Waals surface area contributed by atoms with E-state index in [0.29, 0.717) is 0 Å². The van der Waals surface area contributed by atoms with Crippen LogP contribution in [0.2, 0.25) is 0 Å². The molecule has 0 bridgehead atoms. The lowest BCUT2D eigenvalue weighted by atomic mass is 10.1. The molecule has 0 aliphatic carbocycles. The zero-order valence-corrected chi connectivity index (χ0v) is 7.44. The Kier molecular flexibility index (Phi) is 5.89. The van der Waals surface area contributed by atoms with E-state index < -0.39 is 0 Å². The van der Waals surface area contributed by atoms with E-state index in [9.17, 15) is 0 Å². The summed E-state index contributed by atoms with van der Waals surface area (Å²) >= 11 is 0. The minimum Gasteiger partial charge on any atom is -0.372 e. The largest absolute Gasteiger partial charge is 0.372 e. The molecule has 0 fully saturated rings. The summed E-state index contributed by atoms with van der Waals surface area (Å²) in [6.07, 6.45) is 3.91. The van der Waals surface area contributed by atoms with Gasteiger partial charge < -0.3 is 5.73 Å². The molecule has 1 amide bonds. The van der Waals surface area contributed by atoms with Gasteiger partial charge in [0.05, 0.1) is 0 Å². The first-order chi connectivity index (χ1) is 6.29. The Balaban J connectivity index is 0.000000424. The molecule has 13 heavy (non-hydrogen) atoms. The SMILES string of the molecule is C=Cc1ccccc1C=C.NC=O. The second kappa shape index (κ2) is 6.85. The standard InChI is InChI=1S/C10H10.CH3NO/c1-3-9-7-5-6-8-10(9)4-2;2-1-3/h3-8H,1-2H2;1H,(H2,2,3). The molecule has 1 rings (SSSR count). The van der Waals surface area contributed by atoms with Crippen LogP contribution in [0.5, 0.6) is 0 Å². The van der Waals surface area contributed by atoms with Crippen LogP contribution >= 0.6 is 0 Å². The molecule has 0 spiro atoms. The number of hydrogen-bond acceptors (Lipinski definition) is 1. The van der Waals surface area contributed by atoms with E-state index in [0.717, 1.165) is 11.1 Å². The van der Waals surface area contributed by atoms with Crippen molar-refractivity contribution in [3.63, 3.8) is 0 Å². The number of hydrogen-bond donors (Lipinski definition) is 1. The number of nitrogens with two attached hydrogens (primary N) is 1. The van der Waals surface area contributed by atoms with Gasteiger partial charge in [0.15, 0.2) is 0 Å². The molecular weight excluding hydrogens is 162 g/mol. The molecule has 1 aromatic rings. The van der Waals surface area contributed by atoms with Crippen LogP contribution in [-0.2, 0) is 4.79 Å². The molecule has 68 valence electrons. The average Bonchev–Trinajstić information content (AvgIpc) is 2.19. The Hall–Kier alpha value is -1.83. The van der Waals surface area contributed by atoms with E-state index in [1.807, 2.05) is 36.4 Å². The van der Waals surface area contributed by atoms with E-state index in [-0.39, 0.29) is 6.41 Å². The van der Waals surface area contributed by atoms with E-state index in [4.69, 9.17) is 4.79 Å². The summed E-state index contributed by atoms with van der Waals surface area (Å²) in [5.41, 5.74) is 6.44. The molecule has 0 saturated carbocycles. The lowest BCUT2D eigenvalue weighted by Crippen LogP contribution is -1.82. The van der Waals surface area contributed by atoms with Crippen molar-refractivity contribution in [2.45, 2.75) is 0 Å². The van der Waals surface area contributed by atoms with E-state index in [1.54, 1.807) is 0 Å². The van der Waals surface area contributed by atoms with Crippen LogP contribution in [-0.4, -0.2) is 6.41 Å². The minimum atomic E-state index is 0.250. The molecule has 0 unspecified atom stereocenters. The molecule has 0 heterocycles. The fraction of sp³-hybridized carbons (Fsp3) is 0. The van der Waals surface area contributed by atoms with Crippen molar-refractivity contribution in [2.75, 3.05) is 0 Å². The van der Waals surface area contributed by atoms with Gasteiger partial charge in [-0.25, -0.2) is 0 Å². The molecule has 1 aromatic carbocycles. The minimum absolute atomic E-state index is 0.250. The normalized spacial score (nSPS) is 7.69. The van der Waals surface area contributed by atoms with Crippen LogP contribution in [0.25, 0.3) is 12.2 Å². The van der Waals surface area contributed by atoms with Gasteiger partial charge in [0.25, 0.3) is 0 Å². The molecule has 2 N–H and O–H groups in total. The average molecular weight is 175 g/mol. The third-order valence-corrected chi connectivity index (χ3v) is 1.44. The van der Waals surface area contributed by atoms with Gasteiger partial charge in [0.2, 0.25) is 6.41 Å². The van der Waals surface area contributed by atoms with Crippen molar-refractivity contribution in [1.29, 1.82) is 0 Å². The zero-order valence-electron chi connectivity index (χ0n) is 7.44. The van der Waals surface area contributed by atoms with Gasteiger partial charge in [-0.3, -0.25) is 4.79 Å². The van der Waals surface area contributed by atoms with Crippen LogP contribution in [0.3, 0.4) is 0 Å². The highest BCUT2D eigenvalue weighted by Crippen LogP contribution is 2.10. The molecule has 0 aliphatic rings. The van der Waals surface area contributed by atoms with Crippen LogP contribution in [0.15, 0.2) is 37.4 Å². The molecule has 0 radical (unpaired) electrons. The van der Waals surface area contributed by atoms with E-state index >= 15 is 0 Å². The summed E-state index contributed by atoms with van der Waals surface area (Å²) in [6, 6.07) is 8.02. The van der Waals surface area contributed by atoms with Gasteiger partial charge in [0, 0.05) is 0 Å². The Morgan fingerprint density at radius 1 is 1.08 bits per heavy atom. The second-order valence-corrected chi connectivity index (χ2v) is 2.17. The predicted octanol–water partition coefficient (Wildman–Crippen LogP) is 2.07. The summed E-state index contributed by atoms with van der Waals surface area (Å²) in [5.74, 6) is 0. The number of carbonyl (C=O) groups is 1. The fourth-order valence-corrected chi connectivity index (χ4v) is 0.883. The molecule has 2 heteroatoms. The highest BCUT2D eigenvalue weighted by molar-refractivity contribution is 5.63. The van der Waals surface area contributed by atoms with Crippen LogP contribution in [0.1, 0.15) is 11.1 Å². The predicted molar refractivity (Wildman–Crippen MR) is 56.9 cm³/mol. The molecule has 2 nitrogen and oxygen atoms in total. The Labute approximate surface area is 78.4 Å². The zero-order chi connectivity index (χ0) is 10.1. The first-order valence-corrected chi connectivity index (χ1v) is 3.79. The summed E-state index contributed by atoms with van der Waals surface area (Å²) < 4.78 is 0. The maximum absolute atomic E-state index is 8.58. The molecule has 0 aliphatic heterocycles. The van der Waals surface area contributed by atoms with Gasteiger partial charge >= 0.3 is 0 Å². The quantitative estimate of drug-likeness (QED) is 0.687. The van der Waals surface area contributed by atoms with Crippen molar-refractivity contribution < 1.29 is 4.79 Å². The van der Waals surface area contributed by atoms with Gasteiger partial charge in [0.1, 0.15) is 0 Å². The smallest absolute Gasteiger partial charge is 0.204 e. The summed E-state index contributed by atoms with van der Waals surface area (Å²) in [6.45, 7) is 7.38. The van der Waals surface area contributed by atoms with Gasteiger partial charge in [-0.1, -0.05) is 49.6 Å². The number of primary amides is 1. The van der Waals surface area contributed by atoms with Crippen LogP contribution < -0.4 is 5.73 Å². The Morgan fingerprint density at radius 3 is 1.62 bits per heavy atom. The summed E-state index contributed by atoms with van der Waals surface area (Å²) in [5, 5.41) is 0. The fourth-order valence-electron chi connectivity index (χ4n) is 0.883. The molecule has 0 atom stereocenters. The lowest BCUT2D eigenvalue weighted by Gasteiger charge is -1.96. The topological polar surface area (TPSA) is 43.1 Å². The first-order valence-electron chi connectivity index (χ1n) is 3.79. The van der Waals surface area contributed by atoms with Crippen molar-refractivity contribution in [3.8, 4) is 0 Å². The van der Waals surface area contributed by atoms with Crippen LogP contribution in [0, 0.1) is 0 Å². The van der Waals surface area contributed by atoms with E-state index in [2.05, 4.69) is 18.9 Å². The lowest BCUT2D eigenvalue weighted by molar-refractivity contribution is -0.106. The van der Waals surface area contributed by atoms with Crippen molar-refractivity contribution in [3.05, 3.63) is 48.6 Å². The summed E-state index contributed by atoms with van der Waals surface area (Å²) in [4.78, 5) is 8.58. The third kappa shape index (κ3) is 3.91. The summed E-state index contributed by atoms with van der Waals surface area (Å²) in [7, 11) is 0. The van der Waals surface area contributed by atoms with Gasteiger partial charge in [-0.2, -0.15) is 0 Å². The van der Waals surface area contributed by atoms with Crippen molar-refractivity contribution >= 4 is 18.6 Å². The van der Waals surface area contributed by atoms with Crippen molar-refractivity contribution in [1.82, 2.24) is 0 Å². The Bertz CT molecular complexity index is 265. The molecule has 0 saturated heterocycles. The number of benzene rings is 1. The Morgan fingerprint density at radius 2 is 1.38 bits per heavy atom. The van der Waals surface area contributed by atoms with Crippen molar-refractivity contribution in [2.24, 2.45) is 5.73 Å². The highest BCUT2D eigenvalue weighted by atomic mass is 16.1. The number of carbonyl (C=O) groups excluding carboxylic acids is 1. The number of rotatable bonds is 2. The van der Waals surface area contributed by atoms with Crippen LogP contribution in [0.4, 0.5) is 0 Å². The monoisotopic (exact) mass is 175 g/mol. The molecular formula is C11H13NO. The number of amides is 1. The second-order valence-electron chi connectivity index (χ2n) is 2.17. The van der Waals surface area contributed by atoms with Gasteiger partial charge in [-0.15, -0.1) is 0 Å². The van der Waals surface area contributed by atoms with E-state index in [1.165, 1.54) is 0 Å². The highest BCUT2D eigenvalue weighted by Gasteiger charge is 1.89. The maximum atomic E-state index is 8.58. The third-order valence-electron chi connectivity index (χ3n) is 1.44. The maximum Gasteiger partial charge on any atom is 0.204 e. The first kappa shape index (κ1) is 11.2.